The minimum absolute atomic E-state index is 0.305. The maximum Gasteiger partial charge on any atom is 0.332 e. The summed E-state index contributed by atoms with van der Waals surface area (Å²) in [5, 5.41) is 2.96. The average Bonchev–Trinajstić information content (AvgIpc) is 2.41. The number of hydrogen-bond donors (Lipinski definition) is 1. The molecule has 0 radical (unpaired) electrons. The first-order valence-corrected chi connectivity index (χ1v) is 5.76. The van der Waals surface area contributed by atoms with Gasteiger partial charge in [-0.1, -0.05) is 6.08 Å². The fraction of sp³-hybridized carbons (Fsp3) is 0.500. The van der Waals surface area contributed by atoms with Crippen LogP contribution in [0.15, 0.2) is 28.3 Å². The smallest absolute Gasteiger partial charge is 0.332 e. The predicted molar refractivity (Wildman–Crippen MR) is 72.4 cm³/mol. The lowest BCUT2D eigenvalue weighted by molar-refractivity contribution is -0.0914. The summed E-state index contributed by atoms with van der Waals surface area (Å²) in [4.78, 5) is 23.6. The Bertz CT molecular complexity index is 543. The van der Waals surface area contributed by atoms with E-state index < -0.39 is 12.0 Å². The zero-order valence-electron chi connectivity index (χ0n) is 11.4. The van der Waals surface area contributed by atoms with E-state index in [0.29, 0.717) is 18.9 Å². The molecule has 1 rings (SSSR count). The Morgan fingerprint density at radius 3 is 2.58 bits per heavy atom. The zero-order valence-corrected chi connectivity index (χ0v) is 11.4. The Kier molecular flexibility index (Phi) is 5.53. The van der Waals surface area contributed by atoms with Gasteiger partial charge in [-0.2, -0.15) is 0 Å². The fourth-order valence-corrected chi connectivity index (χ4v) is 1.57. The Morgan fingerprint density at radius 1 is 1.42 bits per heavy atom. The number of nitrogens with zero attached hydrogens (tertiary/aromatic N) is 2. The lowest BCUT2D eigenvalue weighted by Gasteiger charge is -2.17. The first kappa shape index (κ1) is 15.2. The molecule has 0 aliphatic carbocycles. The van der Waals surface area contributed by atoms with Crippen molar-refractivity contribution in [3.63, 3.8) is 0 Å². The summed E-state index contributed by atoms with van der Waals surface area (Å²) in [5.74, 6) is 0.409. The van der Waals surface area contributed by atoms with Gasteiger partial charge in [-0.3, -0.25) is 13.9 Å². The van der Waals surface area contributed by atoms with E-state index in [9.17, 15) is 9.59 Å². The highest BCUT2D eigenvalue weighted by Crippen LogP contribution is 2.02. The van der Waals surface area contributed by atoms with Crippen LogP contribution in [-0.4, -0.2) is 36.2 Å². The van der Waals surface area contributed by atoms with Crippen LogP contribution in [-0.2, 0) is 23.1 Å². The summed E-state index contributed by atoms with van der Waals surface area (Å²) in [6.07, 6.45) is 1.12. The fourth-order valence-electron chi connectivity index (χ4n) is 1.57. The topological polar surface area (TPSA) is 74.5 Å². The Hall–Kier alpha value is -1.86. The van der Waals surface area contributed by atoms with Crippen LogP contribution in [0.4, 0.5) is 5.82 Å². The second-order valence-electron chi connectivity index (χ2n) is 3.89. The quantitative estimate of drug-likeness (QED) is 0.546. The van der Waals surface area contributed by atoms with Crippen molar-refractivity contribution in [3.05, 3.63) is 39.6 Å². The normalized spacial score (nSPS) is 10.7. The van der Waals surface area contributed by atoms with Gasteiger partial charge in [0.05, 0.1) is 6.54 Å². The summed E-state index contributed by atoms with van der Waals surface area (Å²) >= 11 is 0. The molecular formula is C12H19N3O4. The molecule has 7 nitrogen and oxygen atoms in total. The molecule has 0 amide bonds. The van der Waals surface area contributed by atoms with Gasteiger partial charge < -0.3 is 14.8 Å². The number of aromatic nitrogens is 2. The van der Waals surface area contributed by atoms with Crippen molar-refractivity contribution >= 4 is 5.82 Å². The first-order valence-electron chi connectivity index (χ1n) is 5.76. The van der Waals surface area contributed by atoms with E-state index in [1.165, 1.54) is 31.9 Å². The van der Waals surface area contributed by atoms with E-state index in [-0.39, 0.29) is 5.56 Å². The number of methoxy groups -OCH3 is 2. The third-order valence-electron chi connectivity index (χ3n) is 2.69. The van der Waals surface area contributed by atoms with Gasteiger partial charge in [-0.15, -0.1) is 6.58 Å². The molecule has 7 heteroatoms. The Balaban J connectivity index is 3.08. The van der Waals surface area contributed by atoms with Crippen molar-refractivity contribution in [1.82, 2.24) is 9.13 Å². The molecule has 1 aromatic rings. The van der Waals surface area contributed by atoms with Gasteiger partial charge >= 0.3 is 5.69 Å². The number of ether oxygens (including phenoxy) is 2. The molecule has 106 valence electrons. The molecule has 19 heavy (non-hydrogen) atoms. The maximum atomic E-state index is 12.0. The van der Waals surface area contributed by atoms with E-state index in [4.69, 9.17) is 9.47 Å². The number of rotatable bonds is 7. The van der Waals surface area contributed by atoms with Gasteiger partial charge in [0, 0.05) is 33.9 Å². The zero-order chi connectivity index (χ0) is 14.4. The van der Waals surface area contributed by atoms with Crippen LogP contribution in [0, 0.1) is 0 Å². The molecule has 1 aromatic heterocycles. The van der Waals surface area contributed by atoms with Gasteiger partial charge in [0.25, 0.3) is 5.56 Å². The largest absolute Gasteiger partial charge is 0.366 e. The Labute approximate surface area is 111 Å². The van der Waals surface area contributed by atoms with E-state index in [1.54, 1.807) is 6.08 Å². The monoisotopic (exact) mass is 269 g/mol. The minimum Gasteiger partial charge on any atom is -0.366 e. The van der Waals surface area contributed by atoms with E-state index >= 15 is 0 Å². The number of nitrogens with one attached hydrogen (secondary N) is 1. The first-order chi connectivity index (χ1) is 9.04. The van der Waals surface area contributed by atoms with E-state index in [1.807, 2.05) is 0 Å². The number of allylic oxidation sites excluding steroid dienone is 1. The number of anilines is 1. The molecule has 0 aliphatic rings. The van der Waals surface area contributed by atoms with Crippen LogP contribution in [0.3, 0.4) is 0 Å². The highest BCUT2D eigenvalue weighted by atomic mass is 16.7. The molecule has 0 unspecified atom stereocenters. The third-order valence-corrected chi connectivity index (χ3v) is 2.69. The van der Waals surface area contributed by atoms with Gasteiger partial charge in [-0.05, 0) is 0 Å². The summed E-state index contributed by atoms with van der Waals surface area (Å²) in [6.45, 7) is 4.22. The standard InChI is InChI=1S/C12H19N3O4/c1-5-6-15-9(13-8-11(18-3)19-4)7-10(16)14(2)12(15)17/h5,7,11,13H,1,6,8H2,2-4H3. The summed E-state index contributed by atoms with van der Waals surface area (Å²) in [5.41, 5.74) is -0.777. The van der Waals surface area contributed by atoms with E-state index in [2.05, 4.69) is 11.9 Å². The third kappa shape index (κ3) is 3.55. The second kappa shape index (κ2) is 6.91. The molecule has 0 aliphatic heterocycles. The minimum atomic E-state index is -0.462. The summed E-state index contributed by atoms with van der Waals surface area (Å²) in [6, 6.07) is 1.35. The predicted octanol–water partition coefficient (Wildman–Crippen LogP) is -0.236. The highest BCUT2D eigenvalue weighted by molar-refractivity contribution is 5.34. The SMILES string of the molecule is C=CCn1c(NCC(OC)OC)cc(=O)n(C)c1=O. The van der Waals surface area contributed by atoms with Crippen LogP contribution < -0.4 is 16.6 Å². The van der Waals surface area contributed by atoms with Crippen molar-refractivity contribution in [3.8, 4) is 0 Å². The van der Waals surface area contributed by atoms with Gasteiger partial charge in [0.1, 0.15) is 5.82 Å². The molecule has 0 atom stereocenters. The Morgan fingerprint density at radius 2 is 2.05 bits per heavy atom. The maximum absolute atomic E-state index is 12.0. The van der Waals surface area contributed by atoms with Crippen molar-refractivity contribution in [2.75, 3.05) is 26.1 Å². The van der Waals surface area contributed by atoms with Crippen LogP contribution in [0.25, 0.3) is 0 Å². The molecular weight excluding hydrogens is 250 g/mol. The molecule has 0 fully saturated rings. The van der Waals surface area contributed by atoms with Crippen LogP contribution in [0.1, 0.15) is 0 Å². The summed E-state index contributed by atoms with van der Waals surface area (Å²) in [7, 11) is 4.45. The second-order valence-corrected chi connectivity index (χ2v) is 3.89. The molecule has 0 saturated carbocycles. The van der Waals surface area contributed by atoms with Gasteiger partial charge in [0.2, 0.25) is 0 Å². The molecule has 1 heterocycles. The van der Waals surface area contributed by atoms with Crippen molar-refractivity contribution in [2.24, 2.45) is 7.05 Å². The molecule has 1 N–H and O–H groups in total. The van der Waals surface area contributed by atoms with Crippen LogP contribution in [0.2, 0.25) is 0 Å². The van der Waals surface area contributed by atoms with Gasteiger partial charge in [-0.25, -0.2) is 4.79 Å². The van der Waals surface area contributed by atoms with E-state index in [0.717, 1.165) is 4.57 Å². The molecule has 0 aromatic carbocycles. The summed E-state index contributed by atoms with van der Waals surface area (Å²) < 4.78 is 12.5. The van der Waals surface area contributed by atoms with Crippen LogP contribution in [0.5, 0.6) is 0 Å². The highest BCUT2D eigenvalue weighted by Gasteiger charge is 2.10. The lowest BCUT2D eigenvalue weighted by Crippen LogP contribution is -2.39. The van der Waals surface area contributed by atoms with Gasteiger partial charge in [0.15, 0.2) is 6.29 Å². The van der Waals surface area contributed by atoms with Crippen LogP contribution >= 0.6 is 0 Å². The number of hydrogen-bond acceptors (Lipinski definition) is 5. The molecule has 0 spiro atoms. The molecule has 0 saturated heterocycles. The van der Waals surface area contributed by atoms with Crippen molar-refractivity contribution in [2.45, 2.75) is 12.8 Å². The average molecular weight is 269 g/mol. The van der Waals surface area contributed by atoms with Crippen molar-refractivity contribution in [1.29, 1.82) is 0 Å². The van der Waals surface area contributed by atoms with Crippen molar-refractivity contribution < 1.29 is 9.47 Å². The lowest BCUT2D eigenvalue weighted by atomic mass is 10.4. The molecule has 0 bridgehead atoms.